The number of benzene rings is 1. The topological polar surface area (TPSA) is 51.2 Å². The molecule has 1 atom stereocenters. The number of fused-ring (bicyclic) bond motifs is 1. The van der Waals surface area contributed by atoms with E-state index in [1.54, 1.807) is 30.3 Å². The molecule has 15 heavy (non-hydrogen) atoms. The van der Waals surface area contributed by atoms with E-state index in [4.69, 9.17) is 10.7 Å². The Morgan fingerprint density at radius 3 is 2.47 bits per heavy atom. The van der Waals surface area contributed by atoms with Gasteiger partial charge < -0.3 is 0 Å². The minimum atomic E-state index is -3.92. The van der Waals surface area contributed by atoms with E-state index < -0.39 is 20.1 Å². The maximum atomic E-state index is 11.5. The van der Waals surface area contributed by atoms with Crippen LogP contribution in [0.15, 0.2) is 30.3 Å². The van der Waals surface area contributed by atoms with Crippen LogP contribution in [0.4, 0.5) is 0 Å². The number of hydrogen-bond donors (Lipinski definition) is 0. The molecule has 1 aromatic rings. The summed E-state index contributed by atoms with van der Waals surface area (Å²) < 4.78 is 22.5. The van der Waals surface area contributed by atoms with Gasteiger partial charge in [0.15, 0.2) is 11.0 Å². The molecule has 1 unspecified atom stereocenters. The highest BCUT2D eigenvalue weighted by atomic mass is 35.7. The van der Waals surface area contributed by atoms with E-state index in [9.17, 15) is 13.2 Å². The largest absolute Gasteiger partial charge is 0.293 e. The van der Waals surface area contributed by atoms with Gasteiger partial charge in [0.1, 0.15) is 0 Å². The second kappa shape index (κ2) is 3.47. The molecule has 0 heterocycles. The number of carbonyl (C=O) groups is 1. The monoisotopic (exact) mass is 242 g/mol. The fraction of sp³-hybridized carbons (Fsp3) is 0.100. The number of halogens is 1. The van der Waals surface area contributed by atoms with E-state index in [1.807, 2.05) is 0 Å². The number of hydrogen-bond acceptors (Lipinski definition) is 3. The molecule has 0 bridgehead atoms. The average molecular weight is 243 g/mol. The zero-order valence-electron chi connectivity index (χ0n) is 7.55. The van der Waals surface area contributed by atoms with Crippen molar-refractivity contribution in [2.24, 2.45) is 0 Å². The van der Waals surface area contributed by atoms with Gasteiger partial charge in [0.2, 0.25) is 9.05 Å². The number of rotatable bonds is 1. The zero-order valence-corrected chi connectivity index (χ0v) is 9.12. The minimum absolute atomic E-state index is 0.444. The Morgan fingerprint density at radius 2 is 1.80 bits per heavy atom. The molecule has 1 aliphatic carbocycles. The first-order valence-electron chi connectivity index (χ1n) is 4.24. The minimum Gasteiger partial charge on any atom is -0.293 e. The van der Waals surface area contributed by atoms with Crippen molar-refractivity contribution in [2.75, 3.05) is 0 Å². The van der Waals surface area contributed by atoms with Gasteiger partial charge in [0.25, 0.3) is 0 Å². The van der Waals surface area contributed by atoms with Crippen LogP contribution in [0.3, 0.4) is 0 Å². The van der Waals surface area contributed by atoms with Crippen LogP contribution in [0.2, 0.25) is 0 Å². The molecule has 0 aromatic heterocycles. The Labute approximate surface area is 91.8 Å². The van der Waals surface area contributed by atoms with E-state index in [2.05, 4.69) is 0 Å². The molecule has 0 fully saturated rings. The average Bonchev–Trinajstić information content (AvgIpc) is 2.15. The van der Waals surface area contributed by atoms with E-state index in [1.165, 1.54) is 6.08 Å². The lowest BCUT2D eigenvalue weighted by Gasteiger charge is -2.17. The first-order chi connectivity index (χ1) is 7.00. The molecule has 0 saturated carbocycles. The Morgan fingerprint density at radius 1 is 1.13 bits per heavy atom. The maximum Gasteiger partial charge on any atom is 0.247 e. The van der Waals surface area contributed by atoms with E-state index in [-0.39, 0.29) is 0 Å². The fourth-order valence-electron chi connectivity index (χ4n) is 1.60. The first-order valence-corrected chi connectivity index (χ1v) is 6.62. The molecule has 2 rings (SSSR count). The summed E-state index contributed by atoms with van der Waals surface area (Å²) >= 11 is 0. The summed E-state index contributed by atoms with van der Waals surface area (Å²) in [5, 5.41) is -1.26. The molecule has 0 saturated heterocycles. The zero-order chi connectivity index (χ0) is 11.1. The Bertz CT molecular complexity index is 546. The van der Waals surface area contributed by atoms with Crippen LogP contribution in [0.5, 0.6) is 0 Å². The van der Waals surface area contributed by atoms with Crippen LogP contribution >= 0.6 is 10.7 Å². The van der Waals surface area contributed by atoms with Gasteiger partial charge in [-0.15, -0.1) is 0 Å². The van der Waals surface area contributed by atoms with Crippen LogP contribution in [0.25, 0.3) is 6.08 Å². The van der Waals surface area contributed by atoms with Gasteiger partial charge >= 0.3 is 0 Å². The number of carbonyl (C=O) groups excluding carboxylic acids is 1. The van der Waals surface area contributed by atoms with E-state index >= 15 is 0 Å². The van der Waals surface area contributed by atoms with Crippen LogP contribution in [-0.4, -0.2) is 14.2 Å². The van der Waals surface area contributed by atoms with Crippen LogP contribution < -0.4 is 0 Å². The third-order valence-electron chi connectivity index (χ3n) is 2.25. The molecule has 1 aromatic carbocycles. The molecule has 0 radical (unpaired) electrons. The van der Waals surface area contributed by atoms with Crippen molar-refractivity contribution in [3.05, 3.63) is 41.5 Å². The maximum absolute atomic E-state index is 11.5. The van der Waals surface area contributed by atoms with Crippen molar-refractivity contribution in [1.82, 2.24) is 0 Å². The lowest BCUT2D eigenvalue weighted by molar-refractivity contribution is -0.114. The second-order valence-electron chi connectivity index (χ2n) is 3.22. The lowest BCUT2D eigenvalue weighted by atomic mass is 9.96. The first kappa shape index (κ1) is 10.4. The molecule has 5 heteroatoms. The molecular weight excluding hydrogens is 236 g/mol. The number of allylic oxidation sites excluding steroid dienone is 1. The molecule has 0 N–H and O–H groups in total. The summed E-state index contributed by atoms with van der Waals surface area (Å²) in [6.45, 7) is 0. The van der Waals surface area contributed by atoms with E-state index in [0.29, 0.717) is 11.1 Å². The SMILES string of the molecule is O=C1C=Cc2ccccc2C1S(=O)(=O)Cl. The van der Waals surface area contributed by atoms with Crippen LogP contribution in [-0.2, 0) is 13.8 Å². The Balaban J connectivity index is 2.67. The highest BCUT2D eigenvalue weighted by Crippen LogP contribution is 2.33. The van der Waals surface area contributed by atoms with Gasteiger partial charge in [0, 0.05) is 10.7 Å². The lowest BCUT2D eigenvalue weighted by Crippen LogP contribution is -2.20. The van der Waals surface area contributed by atoms with Gasteiger partial charge in [-0.3, -0.25) is 4.79 Å². The molecular formula is C10H7ClO3S. The quantitative estimate of drug-likeness (QED) is 0.707. The molecule has 78 valence electrons. The van der Waals surface area contributed by atoms with Gasteiger partial charge in [0.05, 0.1) is 0 Å². The van der Waals surface area contributed by atoms with Crippen molar-refractivity contribution in [3.8, 4) is 0 Å². The summed E-state index contributed by atoms with van der Waals surface area (Å²) in [6.07, 6.45) is 2.84. The highest BCUT2D eigenvalue weighted by Gasteiger charge is 2.34. The summed E-state index contributed by atoms with van der Waals surface area (Å²) in [7, 11) is 1.34. The number of ketones is 1. The summed E-state index contributed by atoms with van der Waals surface area (Å²) in [6, 6.07) is 6.80. The predicted molar refractivity (Wildman–Crippen MR) is 58.0 cm³/mol. The van der Waals surface area contributed by atoms with E-state index in [0.717, 1.165) is 0 Å². The van der Waals surface area contributed by atoms with Gasteiger partial charge in [-0.05, 0) is 17.2 Å². The predicted octanol–water partition coefficient (Wildman–Crippen LogP) is 1.89. The third-order valence-corrected chi connectivity index (χ3v) is 3.83. The van der Waals surface area contributed by atoms with Gasteiger partial charge in [-0.1, -0.05) is 30.3 Å². The summed E-state index contributed by atoms with van der Waals surface area (Å²) in [5.41, 5.74) is 1.16. The summed E-state index contributed by atoms with van der Waals surface area (Å²) in [4.78, 5) is 11.5. The third kappa shape index (κ3) is 1.82. The van der Waals surface area contributed by atoms with Crippen molar-refractivity contribution in [3.63, 3.8) is 0 Å². The van der Waals surface area contributed by atoms with Gasteiger partial charge in [-0.2, -0.15) is 0 Å². The Hall–Kier alpha value is -1.13. The van der Waals surface area contributed by atoms with Crippen molar-refractivity contribution >= 4 is 31.6 Å². The Kier molecular flexibility index (Phi) is 2.40. The van der Waals surface area contributed by atoms with Crippen molar-refractivity contribution < 1.29 is 13.2 Å². The molecule has 0 spiro atoms. The summed E-state index contributed by atoms with van der Waals surface area (Å²) in [5.74, 6) is -0.497. The second-order valence-corrected chi connectivity index (χ2v) is 5.93. The van der Waals surface area contributed by atoms with Crippen molar-refractivity contribution in [2.45, 2.75) is 5.25 Å². The molecule has 1 aliphatic rings. The van der Waals surface area contributed by atoms with Crippen LogP contribution in [0.1, 0.15) is 16.4 Å². The fourth-order valence-corrected chi connectivity index (χ4v) is 3.03. The highest BCUT2D eigenvalue weighted by molar-refractivity contribution is 8.14. The van der Waals surface area contributed by atoms with Crippen molar-refractivity contribution in [1.29, 1.82) is 0 Å². The molecule has 0 aliphatic heterocycles. The van der Waals surface area contributed by atoms with Crippen LogP contribution in [0, 0.1) is 0 Å². The molecule has 3 nitrogen and oxygen atoms in total. The normalized spacial score (nSPS) is 20.1. The standard InChI is InChI=1S/C10H7ClO3S/c11-15(13,14)10-8-4-2-1-3-7(8)5-6-9(10)12/h1-6,10H. The molecule has 0 amide bonds. The van der Waals surface area contributed by atoms with Gasteiger partial charge in [-0.25, -0.2) is 8.42 Å². The smallest absolute Gasteiger partial charge is 0.247 e.